The van der Waals surface area contributed by atoms with Gasteiger partial charge < -0.3 is 5.32 Å². The van der Waals surface area contributed by atoms with E-state index in [1.807, 2.05) is 19.2 Å². The van der Waals surface area contributed by atoms with Crippen LogP contribution in [0.15, 0.2) is 48.5 Å². The van der Waals surface area contributed by atoms with Gasteiger partial charge in [0.25, 0.3) is 0 Å². The Morgan fingerprint density at radius 3 is 1.95 bits per heavy atom. The minimum absolute atomic E-state index is 0.369. The maximum Gasteiger partial charge on any atom is 0.0406 e. The van der Waals surface area contributed by atoms with Gasteiger partial charge in [-0.05, 0) is 42.3 Å². The zero-order valence-corrected chi connectivity index (χ0v) is 12.2. The molecule has 1 nitrogen and oxygen atoms in total. The van der Waals surface area contributed by atoms with Gasteiger partial charge in [-0.3, -0.25) is 0 Å². The second-order valence-corrected chi connectivity index (χ2v) is 5.19. The highest BCUT2D eigenvalue weighted by atomic mass is 35.5. The highest BCUT2D eigenvalue weighted by Crippen LogP contribution is 2.25. The van der Waals surface area contributed by atoms with Crippen molar-refractivity contribution >= 4 is 11.6 Å². The van der Waals surface area contributed by atoms with Gasteiger partial charge in [0.2, 0.25) is 0 Å². The minimum Gasteiger partial charge on any atom is -0.319 e. The van der Waals surface area contributed by atoms with Gasteiger partial charge in [-0.2, -0.15) is 0 Å². The lowest BCUT2D eigenvalue weighted by Gasteiger charge is -2.18. The maximum atomic E-state index is 5.96. The second kappa shape index (κ2) is 6.74. The van der Waals surface area contributed by atoms with Crippen LogP contribution in [0, 0.1) is 0 Å². The predicted molar refractivity (Wildman–Crippen MR) is 83.0 cm³/mol. The molecule has 2 aromatic carbocycles. The molecule has 1 unspecified atom stereocenters. The largest absolute Gasteiger partial charge is 0.319 e. The lowest BCUT2D eigenvalue weighted by molar-refractivity contribution is 0.708. The first-order valence-corrected chi connectivity index (χ1v) is 7.11. The number of hydrogen-bond donors (Lipinski definition) is 1. The number of rotatable bonds is 5. The third kappa shape index (κ3) is 3.59. The Labute approximate surface area is 120 Å². The van der Waals surface area contributed by atoms with Crippen molar-refractivity contribution in [1.82, 2.24) is 5.32 Å². The van der Waals surface area contributed by atoms with Crippen LogP contribution in [0.2, 0.25) is 5.02 Å². The molecular formula is C17H20ClN. The van der Waals surface area contributed by atoms with Crippen LogP contribution in [0.1, 0.15) is 29.5 Å². The molecule has 0 amide bonds. The van der Waals surface area contributed by atoms with Crippen molar-refractivity contribution in [3.8, 4) is 0 Å². The van der Waals surface area contributed by atoms with Crippen molar-refractivity contribution in [2.45, 2.75) is 19.3 Å². The Bertz CT molecular complexity index is 502. The van der Waals surface area contributed by atoms with E-state index in [9.17, 15) is 0 Å². The SMILES string of the molecule is CCc1ccc(C(CNC)c2ccc(Cl)cc2)cc1. The molecule has 0 aliphatic carbocycles. The van der Waals surface area contributed by atoms with Crippen LogP contribution in [-0.2, 0) is 6.42 Å². The van der Waals surface area contributed by atoms with Crippen LogP contribution in [-0.4, -0.2) is 13.6 Å². The number of likely N-dealkylation sites (N-methyl/N-ethyl adjacent to an activating group) is 1. The van der Waals surface area contributed by atoms with Crippen molar-refractivity contribution < 1.29 is 0 Å². The van der Waals surface area contributed by atoms with E-state index in [0.717, 1.165) is 18.0 Å². The topological polar surface area (TPSA) is 12.0 Å². The third-order valence-electron chi connectivity index (χ3n) is 3.47. The molecule has 2 rings (SSSR count). The molecule has 0 saturated heterocycles. The molecule has 1 N–H and O–H groups in total. The number of aryl methyl sites for hydroxylation is 1. The molecule has 0 fully saturated rings. The summed E-state index contributed by atoms with van der Waals surface area (Å²) in [4.78, 5) is 0. The lowest BCUT2D eigenvalue weighted by Crippen LogP contribution is -2.18. The smallest absolute Gasteiger partial charge is 0.0406 e. The van der Waals surface area contributed by atoms with Crippen LogP contribution < -0.4 is 5.32 Å². The molecule has 0 radical (unpaired) electrons. The fraction of sp³-hybridized carbons (Fsp3) is 0.294. The molecular weight excluding hydrogens is 254 g/mol. The quantitative estimate of drug-likeness (QED) is 0.859. The molecule has 0 saturated carbocycles. The normalized spacial score (nSPS) is 12.4. The van der Waals surface area contributed by atoms with Gasteiger partial charge in [0.1, 0.15) is 0 Å². The van der Waals surface area contributed by atoms with Crippen molar-refractivity contribution in [3.05, 3.63) is 70.2 Å². The van der Waals surface area contributed by atoms with Crippen molar-refractivity contribution in [3.63, 3.8) is 0 Å². The molecule has 19 heavy (non-hydrogen) atoms. The number of hydrogen-bond acceptors (Lipinski definition) is 1. The molecule has 0 aliphatic heterocycles. The summed E-state index contributed by atoms with van der Waals surface area (Å²) in [6, 6.07) is 17.0. The number of benzene rings is 2. The van der Waals surface area contributed by atoms with E-state index >= 15 is 0 Å². The Balaban J connectivity index is 2.30. The average molecular weight is 274 g/mol. The average Bonchev–Trinajstić information content (AvgIpc) is 2.46. The monoisotopic (exact) mass is 273 g/mol. The van der Waals surface area contributed by atoms with Crippen LogP contribution >= 0.6 is 11.6 Å². The standard InChI is InChI=1S/C17H20ClN/c1-3-13-4-6-14(7-5-13)17(12-19-2)15-8-10-16(18)11-9-15/h4-11,17,19H,3,12H2,1-2H3. The molecule has 0 heterocycles. The van der Waals surface area contributed by atoms with Gasteiger partial charge in [-0.15, -0.1) is 0 Å². The second-order valence-electron chi connectivity index (χ2n) is 4.76. The third-order valence-corrected chi connectivity index (χ3v) is 3.72. The fourth-order valence-electron chi connectivity index (χ4n) is 2.31. The van der Waals surface area contributed by atoms with Crippen LogP contribution in [0.3, 0.4) is 0 Å². The Hall–Kier alpha value is -1.31. The number of halogens is 1. The molecule has 2 heteroatoms. The molecule has 0 aliphatic rings. The number of nitrogens with one attached hydrogen (secondary N) is 1. The Morgan fingerprint density at radius 2 is 1.47 bits per heavy atom. The van der Waals surface area contributed by atoms with Gasteiger partial charge in [0, 0.05) is 17.5 Å². The van der Waals surface area contributed by atoms with E-state index < -0.39 is 0 Å². The summed E-state index contributed by atoms with van der Waals surface area (Å²) in [5.74, 6) is 0.369. The summed E-state index contributed by atoms with van der Waals surface area (Å²) in [5, 5.41) is 4.06. The van der Waals surface area contributed by atoms with Crippen LogP contribution in [0.4, 0.5) is 0 Å². The molecule has 0 aromatic heterocycles. The van der Waals surface area contributed by atoms with Crippen molar-refractivity contribution in [1.29, 1.82) is 0 Å². The van der Waals surface area contributed by atoms with Gasteiger partial charge in [0.15, 0.2) is 0 Å². The van der Waals surface area contributed by atoms with Gasteiger partial charge in [0.05, 0.1) is 0 Å². The van der Waals surface area contributed by atoms with E-state index in [2.05, 4.69) is 48.6 Å². The van der Waals surface area contributed by atoms with Crippen LogP contribution in [0.5, 0.6) is 0 Å². The Kier molecular flexibility index (Phi) is 5.00. The van der Waals surface area contributed by atoms with Gasteiger partial charge in [-0.25, -0.2) is 0 Å². The minimum atomic E-state index is 0.369. The summed E-state index contributed by atoms with van der Waals surface area (Å²) in [7, 11) is 1.99. The van der Waals surface area contributed by atoms with E-state index in [0.29, 0.717) is 5.92 Å². The van der Waals surface area contributed by atoms with Crippen LogP contribution in [0.25, 0.3) is 0 Å². The summed E-state index contributed by atoms with van der Waals surface area (Å²) in [6.45, 7) is 3.10. The summed E-state index contributed by atoms with van der Waals surface area (Å²) in [5.41, 5.74) is 4.01. The zero-order chi connectivity index (χ0) is 13.7. The summed E-state index contributed by atoms with van der Waals surface area (Å²) >= 11 is 5.96. The molecule has 0 spiro atoms. The lowest BCUT2D eigenvalue weighted by atomic mass is 9.90. The highest BCUT2D eigenvalue weighted by Gasteiger charge is 2.13. The zero-order valence-electron chi connectivity index (χ0n) is 11.5. The first-order valence-electron chi connectivity index (χ1n) is 6.73. The maximum absolute atomic E-state index is 5.96. The highest BCUT2D eigenvalue weighted by molar-refractivity contribution is 6.30. The van der Waals surface area contributed by atoms with Gasteiger partial charge in [-0.1, -0.05) is 54.9 Å². The first-order chi connectivity index (χ1) is 9.24. The Morgan fingerprint density at radius 1 is 0.947 bits per heavy atom. The van der Waals surface area contributed by atoms with E-state index in [1.165, 1.54) is 16.7 Å². The van der Waals surface area contributed by atoms with Gasteiger partial charge >= 0.3 is 0 Å². The van der Waals surface area contributed by atoms with E-state index in [4.69, 9.17) is 11.6 Å². The first kappa shape index (κ1) is 14.1. The van der Waals surface area contributed by atoms with Crippen molar-refractivity contribution in [2.75, 3.05) is 13.6 Å². The molecule has 100 valence electrons. The van der Waals surface area contributed by atoms with E-state index in [1.54, 1.807) is 0 Å². The van der Waals surface area contributed by atoms with Crippen molar-refractivity contribution in [2.24, 2.45) is 0 Å². The summed E-state index contributed by atoms with van der Waals surface area (Å²) in [6.07, 6.45) is 1.08. The summed E-state index contributed by atoms with van der Waals surface area (Å²) < 4.78 is 0. The molecule has 1 atom stereocenters. The molecule has 0 bridgehead atoms. The predicted octanol–water partition coefficient (Wildman–Crippen LogP) is 4.25. The fourth-order valence-corrected chi connectivity index (χ4v) is 2.44. The van der Waals surface area contributed by atoms with E-state index in [-0.39, 0.29) is 0 Å². The molecule has 2 aromatic rings.